The molecule has 5 heteroatoms. The highest BCUT2D eigenvalue weighted by Crippen LogP contribution is 2.24. The first kappa shape index (κ1) is 19.2. The van der Waals surface area contributed by atoms with Gasteiger partial charge < -0.3 is 19.7 Å². The molecule has 22 heavy (non-hydrogen) atoms. The van der Waals surface area contributed by atoms with E-state index in [0.29, 0.717) is 18.0 Å². The maximum atomic E-state index is 12.1. The van der Waals surface area contributed by atoms with Crippen molar-refractivity contribution >= 4 is 6.09 Å². The van der Waals surface area contributed by atoms with Gasteiger partial charge in [0.1, 0.15) is 5.60 Å². The van der Waals surface area contributed by atoms with E-state index in [1.807, 2.05) is 25.7 Å². The van der Waals surface area contributed by atoms with Crippen LogP contribution in [0, 0.1) is 5.92 Å². The summed E-state index contributed by atoms with van der Waals surface area (Å²) in [5.41, 5.74) is -0.424. The zero-order chi connectivity index (χ0) is 16.8. The minimum absolute atomic E-state index is 0.183. The second-order valence-electron chi connectivity index (χ2n) is 7.34. The van der Waals surface area contributed by atoms with Gasteiger partial charge in [0.2, 0.25) is 0 Å². The monoisotopic (exact) mass is 314 g/mol. The molecule has 1 N–H and O–H groups in total. The van der Waals surface area contributed by atoms with Crippen molar-refractivity contribution < 1.29 is 14.3 Å². The van der Waals surface area contributed by atoms with Gasteiger partial charge in [-0.15, -0.1) is 0 Å². The summed E-state index contributed by atoms with van der Waals surface area (Å²) in [6.45, 7) is 12.5. The van der Waals surface area contributed by atoms with Crippen LogP contribution in [0.5, 0.6) is 0 Å². The average molecular weight is 314 g/mol. The summed E-state index contributed by atoms with van der Waals surface area (Å²) in [6, 6.07) is 0.875. The van der Waals surface area contributed by atoms with Crippen LogP contribution in [0.2, 0.25) is 0 Å². The Labute approximate surface area is 135 Å². The summed E-state index contributed by atoms with van der Waals surface area (Å²) in [5.74, 6) is 0.502. The first-order valence-electron chi connectivity index (χ1n) is 8.49. The van der Waals surface area contributed by atoms with E-state index in [1.54, 1.807) is 7.11 Å². The Morgan fingerprint density at radius 3 is 2.64 bits per heavy atom. The highest BCUT2D eigenvalue weighted by Gasteiger charge is 2.33. The van der Waals surface area contributed by atoms with Crippen molar-refractivity contribution in [3.8, 4) is 0 Å². The Hall–Kier alpha value is -0.810. The van der Waals surface area contributed by atoms with Gasteiger partial charge >= 0.3 is 6.09 Å². The van der Waals surface area contributed by atoms with Gasteiger partial charge in [-0.3, -0.25) is 0 Å². The van der Waals surface area contributed by atoms with E-state index in [2.05, 4.69) is 19.2 Å². The first-order chi connectivity index (χ1) is 10.3. The molecule has 0 aromatic rings. The molecule has 5 nitrogen and oxygen atoms in total. The molecule has 130 valence electrons. The maximum Gasteiger partial charge on any atom is 0.410 e. The number of methoxy groups -OCH3 is 1. The standard InChI is InChI=1S/C17H34N2O3/c1-7-15(18-13(2)9-11-21-6)14-8-10-19(12-14)16(20)22-17(3,4)5/h13-15,18H,7-12H2,1-6H3. The fourth-order valence-corrected chi connectivity index (χ4v) is 2.94. The number of likely N-dealkylation sites (tertiary alicyclic amines) is 1. The quantitative estimate of drug-likeness (QED) is 0.785. The summed E-state index contributed by atoms with van der Waals surface area (Å²) in [6.07, 6.45) is 2.94. The lowest BCUT2D eigenvalue weighted by Gasteiger charge is -2.28. The fourth-order valence-electron chi connectivity index (χ4n) is 2.94. The molecule has 3 atom stereocenters. The number of ether oxygens (including phenoxy) is 2. The molecule has 1 aliphatic heterocycles. The number of rotatable bonds is 7. The van der Waals surface area contributed by atoms with Crippen LogP contribution >= 0.6 is 0 Å². The fraction of sp³-hybridized carbons (Fsp3) is 0.941. The molecule has 0 aromatic heterocycles. The van der Waals surface area contributed by atoms with Gasteiger partial charge in [0.15, 0.2) is 0 Å². The van der Waals surface area contributed by atoms with Gasteiger partial charge in [-0.1, -0.05) is 6.92 Å². The Kier molecular flexibility index (Phi) is 7.63. The van der Waals surface area contributed by atoms with Crippen LogP contribution in [0.1, 0.15) is 53.9 Å². The van der Waals surface area contributed by atoms with Crippen LogP contribution in [0.4, 0.5) is 4.79 Å². The van der Waals surface area contributed by atoms with E-state index in [0.717, 1.165) is 39.0 Å². The average Bonchev–Trinajstić information content (AvgIpc) is 2.90. The Morgan fingerprint density at radius 2 is 2.09 bits per heavy atom. The number of hydrogen-bond donors (Lipinski definition) is 1. The third-order valence-electron chi connectivity index (χ3n) is 4.14. The smallest absolute Gasteiger partial charge is 0.410 e. The number of nitrogens with zero attached hydrogens (tertiary/aromatic N) is 1. The van der Waals surface area contributed by atoms with E-state index in [4.69, 9.17) is 9.47 Å². The van der Waals surface area contributed by atoms with Crippen LogP contribution in [-0.2, 0) is 9.47 Å². The molecule has 1 rings (SSSR count). The highest BCUT2D eigenvalue weighted by molar-refractivity contribution is 5.68. The summed E-state index contributed by atoms with van der Waals surface area (Å²) < 4.78 is 10.6. The topological polar surface area (TPSA) is 50.8 Å². The van der Waals surface area contributed by atoms with Gasteiger partial charge in [-0.25, -0.2) is 4.79 Å². The summed E-state index contributed by atoms with van der Waals surface area (Å²) >= 11 is 0. The van der Waals surface area contributed by atoms with E-state index in [9.17, 15) is 4.79 Å². The first-order valence-corrected chi connectivity index (χ1v) is 8.49. The van der Waals surface area contributed by atoms with Crippen molar-refractivity contribution in [2.75, 3.05) is 26.8 Å². The molecule has 1 fully saturated rings. The number of nitrogens with one attached hydrogen (secondary N) is 1. The summed E-state index contributed by atoms with van der Waals surface area (Å²) in [5, 5.41) is 3.69. The molecule has 0 bridgehead atoms. The predicted octanol–water partition coefficient (Wildman–Crippen LogP) is 3.04. The van der Waals surface area contributed by atoms with E-state index in [-0.39, 0.29) is 6.09 Å². The molecule has 0 spiro atoms. The molecule has 0 radical (unpaired) electrons. The van der Waals surface area contributed by atoms with E-state index in [1.165, 1.54) is 0 Å². The van der Waals surface area contributed by atoms with Crippen molar-refractivity contribution in [3.63, 3.8) is 0 Å². The zero-order valence-corrected chi connectivity index (χ0v) is 15.1. The zero-order valence-electron chi connectivity index (χ0n) is 15.1. The lowest BCUT2D eigenvalue weighted by atomic mass is 9.95. The predicted molar refractivity (Wildman–Crippen MR) is 89.1 cm³/mol. The largest absolute Gasteiger partial charge is 0.444 e. The van der Waals surface area contributed by atoms with Crippen LogP contribution in [0.25, 0.3) is 0 Å². The number of carbonyl (C=O) groups is 1. The molecule has 0 aliphatic carbocycles. The van der Waals surface area contributed by atoms with Gasteiger partial charge in [-0.05, 0) is 52.9 Å². The van der Waals surface area contributed by atoms with E-state index >= 15 is 0 Å². The summed E-state index contributed by atoms with van der Waals surface area (Å²) in [4.78, 5) is 14.0. The van der Waals surface area contributed by atoms with Crippen molar-refractivity contribution in [2.45, 2.75) is 71.6 Å². The van der Waals surface area contributed by atoms with Gasteiger partial charge in [-0.2, -0.15) is 0 Å². The second kappa shape index (κ2) is 8.73. The summed E-state index contributed by atoms with van der Waals surface area (Å²) in [7, 11) is 1.74. The van der Waals surface area contributed by atoms with Crippen LogP contribution in [0.3, 0.4) is 0 Å². The van der Waals surface area contributed by atoms with Crippen molar-refractivity contribution in [3.05, 3.63) is 0 Å². The van der Waals surface area contributed by atoms with E-state index < -0.39 is 5.60 Å². The molecule has 3 unspecified atom stereocenters. The van der Waals surface area contributed by atoms with Crippen molar-refractivity contribution in [2.24, 2.45) is 5.92 Å². The molecule has 0 aromatic carbocycles. The minimum Gasteiger partial charge on any atom is -0.444 e. The highest BCUT2D eigenvalue weighted by atomic mass is 16.6. The molecule has 1 aliphatic rings. The van der Waals surface area contributed by atoms with Gasteiger partial charge in [0.05, 0.1) is 0 Å². The molecular weight excluding hydrogens is 280 g/mol. The van der Waals surface area contributed by atoms with Gasteiger partial charge in [0, 0.05) is 38.9 Å². The number of carbonyl (C=O) groups excluding carboxylic acids is 1. The Bertz CT molecular complexity index is 341. The molecular formula is C17H34N2O3. The van der Waals surface area contributed by atoms with Gasteiger partial charge in [0.25, 0.3) is 0 Å². The van der Waals surface area contributed by atoms with Crippen LogP contribution in [-0.4, -0.2) is 55.5 Å². The number of hydrogen-bond acceptors (Lipinski definition) is 4. The minimum atomic E-state index is -0.424. The Balaban J connectivity index is 2.47. The normalized spacial score (nSPS) is 21.7. The third-order valence-corrected chi connectivity index (χ3v) is 4.14. The lowest BCUT2D eigenvalue weighted by molar-refractivity contribution is 0.0285. The second-order valence-corrected chi connectivity index (χ2v) is 7.34. The van der Waals surface area contributed by atoms with Crippen molar-refractivity contribution in [1.29, 1.82) is 0 Å². The molecule has 1 amide bonds. The van der Waals surface area contributed by atoms with Crippen LogP contribution < -0.4 is 5.32 Å². The van der Waals surface area contributed by atoms with Crippen LogP contribution in [0.15, 0.2) is 0 Å². The SMILES string of the molecule is CCC(NC(C)CCOC)C1CCN(C(=O)OC(C)(C)C)C1. The molecule has 1 heterocycles. The molecule has 1 saturated heterocycles. The number of amides is 1. The Morgan fingerprint density at radius 1 is 1.41 bits per heavy atom. The lowest BCUT2D eigenvalue weighted by Crippen LogP contribution is -2.43. The van der Waals surface area contributed by atoms with Crippen molar-refractivity contribution in [1.82, 2.24) is 10.2 Å². The third kappa shape index (κ3) is 6.53. The molecule has 0 saturated carbocycles. The maximum absolute atomic E-state index is 12.1.